The molecule has 31 heavy (non-hydrogen) atoms. The van der Waals surface area contributed by atoms with Gasteiger partial charge in [0, 0.05) is 38.1 Å². The van der Waals surface area contributed by atoms with Gasteiger partial charge in [0.1, 0.15) is 0 Å². The number of likely N-dealkylation sites (N-methyl/N-ethyl adjacent to an activating group) is 2. The first-order chi connectivity index (χ1) is 14.9. The minimum absolute atomic E-state index is 0.0176. The van der Waals surface area contributed by atoms with Gasteiger partial charge in [-0.25, -0.2) is 0 Å². The second-order valence-corrected chi connectivity index (χ2v) is 8.12. The predicted molar refractivity (Wildman–Crippen MR) is 122 cm³/mol. The summed E-state index contributed by atoms with van der Waals surface area (Å²) >= 11 is 0. The zero-order chi connectivity index (χ0) is 22.2. The number of benzene rings is 2. The summed E-state index contributed by atoms with van der Waals surface area (Å²) in [5.74, 6) is -0.0917. The third-order valence-corrected chi connectivity index (χ3v) is 5.72. The Labute approximate surface area is 184 Å². The van der Waals surface area contributed by atoms with Crippen molar-refractivity contribution in [1.82, 2.24) is 4.90 Å². The summed E-state index contributed by atoms with van der Waals surface area (Å²) in [7, 11) is 3.68. The molecule has 0 radical (unpaired) electrons. The van der Waals surface area contributed by atoms with Crippen molar-refractivity contribution in [3.63, 3.8) is 0 Å². The lowest BCUT2D eigenvalue weighted by molar-refractivity contribution is -0.886. The Kier molecular flexibility index (Phi) is 8.03. The van der Waals surface area contributed by atoms with Crippen LogP contribution >= 0.6 is 0 Å². The van der Waals surface area contributed by atoms with E-state index in [2.05, 4.69) is 10.2 Å². The van der Waals surface area contributed by atoms with Gasteiger partial charge in [0.2, 0.25) is 0 Å². The quantitative estimate of drug-likeness (QED) is 0.663. The number of ether oxygens (including phenoxy) is 1. The highest BCUT2D eigenvalue weighted by Gasteiger charge is 2.26. The molecule has 2 aromatic rings. The van der Waals surface area contributed by atoms with Crippen LogP contribution in [-0.2, 0) is 20.9 Å². The number of quaternary nitrogens is 1. The molecule has 0 saturated carbocycles. The maximum atomic E-state index is 12.8. The van der Waals surface area contributed by atoms with Crippen LogP contribution in [0, 0.1) is 0 Å². The normalized spacial score (nSPS) is 15.8. The van der Waals surface area contributed by atoms with E-state index in [1.807, 2.05) is 68.6 Å². The molecule has 2 amide bonds. The molecule has 7 nitrogen and oxygen atoms in total. The Morgan fingerprint density at radius 3 is 2.39 bits per heavy atom. The standard InChI is InChI=1S/C24H32N4O3/c1-19(24(30)27(3)17-20-7-5-4-6-8-20)26(2)18-23(29)25-21-9-11-22(12-10-21)28-13-15-31-16-14-28/h4-12,19H,13-18H2,1-3H3,(H,25,29)/p+1/t19-/m0/s1. The van der Waals surface area contributed by atoms with Crippen molar-refractivity contribution >= 4 is 23.2 Å². The first kappa shape index (κ1) is 22.8. The summed E-state index contributed by atoms with van der Waals surface area (Å²) in [6.07, 6.45) is 0. The Balaban J connectivity index is 1.48. The number of anilines is 2. The largest absolute Gasteiger partial charge is 0.378 e. The van der Waals surface area contributed by atoms with E-state index in [9.17, 15) is 9.59 Å². The Bertz CT molecular complexity index is 851. The summed E-state index contributed by atoms with van der Waals surface area (Å²) in [5.41, 5.74) is 2.97. The summed E-state index contributed by atoms with van der Waals surface area (Å²) in [6.45, 7) is 5.88. The van der Waals surface area contributed by atoms with Crippen molar-refractivity contribution in [2.45, 2.75) is 19.5 Å². The van der Waals surface area contributed by atoms with Crippen molar-refractivity contribution in [3.05, 3.63) is 60.2 Å². The van der Waals surface area contributed by atoms with Crippen molar-refractivity contribution in [2.24, 2.45) is 0 Å². The average molecular weight is 426 g/mol. The molecule has 7 heteroatoms. The molecule has 2 atom stereocenters. The van der Waals surface area contributed by atoms with Gasteiger partial charge in [0.05, 0.1) is 20.3 Å². The van der Waals surface area contributed by atoms with Gasteiger partial charge in [0.15, 0.2) is 12.6 Å². The minimum atomic E-state index is -0.317. The van der Waals surface area contributed by atoms with Crippen molar-refractivity contribution in [3.8, 4) is 0 Å². The number of carbonyl (C=O) groups is 2. The molecule has 0 aromatic heterocycles. The van der Waals surface area contributed by atoms with Crippen LogP contribution in [-0.4, -0.2) is 69.7 Å². The van der Waals surface area contributed by atoms with E-state index in [0.717, 1.165) is 48.1 Å². The molecule has 0 bridgehead atoms. The van der Waals surface area contributed by atoms with Crippen LogP contribution in [0.5, 0.6) is 0 Å². The SMILES string of the molecule is C[C@@H](C(=O)N(C)Cc1ccccc1)[NH+](C)CC(=O)Nc1ccc(N2CCOCC2)cc1. The molecule has 2 N–H and O–H groups in total. The number of morpholine rings is 1. The summed E-state index contributed by atoms with van der Waals surface area (Å²) < 4.78 is 5.39. The second-order valence-electron chi connectivity index (χ2n) is 8.12. The number of nitrogens with zero attached hydrogens (tertiary/aromatic N) is 2. The van der Waals surface area contributed by atoms with Crippen LogP contribution in [0.3, 0.4) is 0 Å². The Hall–Kier alpha value is -2.90. The van der Waals surface area contributed by atoms with Gasteiger partial charge in [-0.3, -0.25) is 9.59 Å². The summed E-state index contributed by atoms with van der Waals surface area (Å²) in [5, 5.41) is 2.94. The summed E-state index contributed by atoms with van der Waals surface area (Å²) in [4.78, 5) is 30.1. The third kappa shape index (κ3) is 6.54. The molecular weight excluding hydrogens is 392 g/mol. The highest BCUT2D eigenvalue weighted by atomic mass is 16.5. The van der Waals surface area contributed by atoms with Gasteiger partial charge >= 0.3 is 0 Å². The van der Waals surface area contributed by atoms with Crippen molar-refractivity contribution < 1.29 is 19.2 Å². The van der Waals surface area contributed by atoms with Crippen LogP contribution in [0.4, 0.5) is 11.4 Å². The molecule has 1 saturated heterocycles. The Morgan fingerprint density at radius 2 is 1.74 bits per heavy atom. The third-order valence-electron chi connectivity index (χ3n) is 5.72. The molecule has 1 heterocycles. The number of rotatable bonds is 8. The van der Waals surface area contributed by atoms with Crippen molar-refractivity contribution in [2.75, 3.05) is 57.2 Å². The van der Waals surface area contributed by atoms with Gasteiger partial charge in [-0.2, -0.15) is 0 Å². The maximum absolute atomic E-state index is 12.8. The average Bonchev–Trinajstić information content (AvgIpc) is 2.79. The van der Waals surface area contributed by atoms with Gasteiger partial charge in [-0.15, -0.1) is 0 Å². The van der Waals surface area contributed by atoms with E-state index in [0.29, 0.717) is 6.54 Å². The molecule has 1 unspecified atom stereocenters. The first-order valence-corrected chi connectivity index (χ1v) is 10.8. The van der Waals surface area contributed by atoms with E-state index >= 15 is 0 Å². The lowest BCUT2D eigenvalue weighted by atomic mass is 10.2. The maximum Gasteiger partial charge on any atom is 0.280 e. The van der Waals surface area contributed by atoms with Gasteiger partial charge in [-0.1, -0.05) is 30.3 Å². The first-order valence-electron chi connectivity index (χ1n) is 10.8. The van der Waals surface area contributed by atoms with E-state index in [1.54, 1.807) is 11.9 Å². The van der Waals surface area contributed by atoms with Crippen LogP contribution in [0.25, 0.3) is 0 Å². The van der Waals surface area contributed by atoms with E-state index in [4.69, 9.17) is 4.74 Å². The highest BCUT2D eigenvalue weighted by molar-refractivity contribution is 5.91. The molecular formula is C24H33N4O3+. The lowest BCUT2D eigenvalue weighted by Crippen LogP contribution is -3.15. The topological polar surface area (TPSA) is 66.3 Å². The fourth-order valence-electron chi connectivity index (χ4n) is 3.67. The number of nitrogens with one attached hydrogen (secondary N) is 2. The fourth-order valence-corrected chi connectivity index (χ4v) is 3.67. The zero-order valence-corrected chi connectivity index (χ0v) is 18.6. The number of hydrogen-bond acceptors (Lipinski definition) is 4. The molecule has 3 rings (SSSR count). The number of carbonyl (C=O) groups excluding carboxylic acids is 2. The van der Waals surface area contributed by atoms with E-state index in [1.165, 1.54) is 0 Å². The second kappa shape index (κ2) is 10.9. The van der Waals surface area contributed by atoms with Gasteiger partial charge < -0.3 is 24.8 Å². The molecule has 0 spiro atoms. The van der Waals surface area contributed by atoms with Crippen LogP contribution in [0.1, 0.15) is 12.5 Å². The molecule has 166 valence electrons. The van der Waals surface area contributed by atoms with E-state index < -0.39 is 0 Å². The molecule has 1 fully saturated rings. The zero-order valence-electron chi connectivity index (χ0n) is 18.6. The summed E-state index contributed by atoms with van der Waals surface area (Å²) in [6, 6.07) is 17.4. The minimum Gasteiger partial charge on any atom is -0.378 e. The number of amides is 2. The molecule has 1 aliphatic heterocycles. The van der Waals surface area contributed by atoms with Crippen LogP contribution < -0.4 is 15.1 Å². The lowest BCUT2D eigenvalue weighted by Gasteiger charge is -2.29. The molecule has 2 aromatic carbocycles. The Morgan fingerprint density at radius 1 is 1.10 bits per heavy atom. The van der Waals surface area contributed by atoms with Gasteiger partial charge in [-0.05, 0) is 36.8 Å². The highest BCUT2D eigenvalue weighted by Crippen LogP contribution is 2.18. The van der Waals surface area contributed by atoms with E-state index in [-0.39, 0.29) is 24.4 Å². The molecule has 1 aliphatic rings. The van der Waals surface area contributed by atoms with Crippen LogP contribution in [0.2, 0.25) is 0 Å². The predicted octanol–water partition coefficient (Wildman–Crippen LogP) is 1.02. The fraction of sp³-hybridized carbons (Fsp3) is 0.417. The monoisotopic (exact) mass is 425 g/mol. The van der Waals surface area contributed by atoms with Gasteiger partial charge in [0.25, 0.3) is 11.8 Å². The molecule has 0 aliphatic carbocycles. The van der Waals surface area contributed by atoms with Crippen LogP contribution in [0.15, 0.2) is 54.6 Å². The smallest absolute Gasteiger partial charge is 0.280 e. The number of hydrogen-bond donors (Lipinski definition) is 2. The van der Waals surface area contributed by atoms with Crippen molar-refractivity contribution in [1.29, 1.82) is 0 Å².